The molecule has 0 aliphatic heterocycles. The molecule has 6 heteroatoms. The minimum absolute atomic E-state index is 0.0901. The second-order valence-electron chi connectivity index (χ2n) is 5.53. The van der Waals surface area contributed by atoms with Crippen LogP contribution in [-0.2, 0) is 14.3 Å². The van der Waals surface area contributed by atoms with E-state index in [2.05, 4.69) is 10.6 Å². The highest BCUT2D eigenvalue weighted by Gasteiger charge is 2.08. The standard InChI is InChI=1S/C16H23ClN2O3/c1-11(2)10-22-7-6-15(20)18-9-16(21)19-14-5-4-12(3)8-13(14)17/h4-5,8,11H,6-7,9-10H2,1-3H3,(H,18,20)(H,19,21). The summed E-state index contributed by atoms with van der Waals surface area (Å²) in [5.74, 6) is -0.0933. The third kappa shape index (κ3) is 7.43. The molecular weight excluding hydrogens is 304 g/mol. The van der Waals surface area contributed by atoms with Gasteiger partial charge < -0.3 is 15.4 Å². The summed E-state index contributed by atoms with van der Waals surface area (Å²) in [4.78, 5) is 23.3. The van der Waals surface area contributed by atoms with E-state index in [9.17, 15) is 9.59 Å². The second-order valence-corrected chi connectivity index (χ2v) is 5.93. The van der Waals surface area contributed by atoms with E-state index in [1.807, 2.05) is 26.8 Å². The van der Waals surface area contributed by atoms with Gasteiger partial charge in [0, 0.05) is 13.0 Å². The van der Waals surface area contributed by atoms with Crippen molar-refractivity contribution >= 4 is 29.1 Å². The van der Waals surface area contributed by atoms with Gasteiger partial charge in [0.1, 0.15) is 0 Å². The van der Waals surface area contributed by atoms with Crippen LogP contribution < -0.4 is 10.6 Å². The van der Waals surface area contributed by atoms with Crippen molar-refractivity contribution in [2.75, 3.05) is 25.1 Å². The fraction of sp³-hybridized carbons (Fsp3) is 0.500. The monoisotopic (exact) mass is 326 g/mol. The van der Waals surface area contributed by atoms with Crippen LogP contribution in [0.3, 0.4) is 0 Å². The molecule has 5 nitrogen and oxygen atoms in total. The lowest BCUT2D eigenvalue weighted by Crippen LogP contribution is -2.33. The highest BCUT2D eigenvalue weighted by atomic mass is 35.5. The van der Waals surface area contributed by atoms with E-state index < -0.39 is 0 Å². The maximum absolute atomic E-state index is 11.8. The Balaban J connectivity index is 2.26. The number of halogens is 1. The topological polar surface area (TPSA) is 67.4 Å². The Morgan fingerprint density at radius 3 is 2.64 bits per heavy atom. The molecule has 0 saturated carbocycles. The van der Waals surface area contributed by atoms with Gasteiger partial charge >= 0.3 is 0 Å². The summed E-state index contributed by atoms with van der Waals surface area (Å²) in [6.07, 6.45) is 0.241. The maximum atomic E-state index is 11.8. The number of hydrogen-bond donors (Lipinski definition) is 2. The number of hydrogen-bond acceptors (Lipinski definition) is 3. The molecule has 0 fully saturated rings. The summed E-state index contributed by atoms with van der Waals surface area (Å²) in [5.41, 5.74) is 1.55. The van der Waals surface area contributed by atoms with Crippen molar-refractivity contribution in [3.8, 4) is 0 Å². The van der Waals surface area contributed by atoms with Crippen LogP contribution >= 0.6 is 11.6 Å². The normalized spacial score (nSPS) is 10.6. The summed E-state index contributed by atoms with van der Waals surface area (Å²) in [6, 6.07) is 5.35. The molecule has 0 aliphatic carbocycles. The van der Waals surface area contributed by atoms with E-state index in [0.29, 0.717) is 29.8 Å². The number of benzene rings is 1. The van der Waals surface area contributed by atoms with E-state index in [-0.39, 0.29) is 24.8 Å². The van der Waals surface area contributed by atoms with E-state index in [1.54, 1.807) is 12.1 Å². The molecule has 0 radical (unpaired) electrons. The average Bonchev–Trinajstić information content (AvgIpc) is 2.44. The first-order valence-corrected chi connectivity index (χ1v) is 7.66. The Labute approximate surface area is 136 Å². The van der Waals surface area contributed by atoms with Crippen LogP contribution in [0.1, 0.15) is 25.8 Å². The SMILES string of the molecule is Cc1ccc(NC(=O)CNC(=O)CCOCC(C)C)c(Cl)c1. The Morgan fingerprint density at radius 1 is 1.27 bits per heavy atom. The van der Waals surface area contributed by atoms with Crippen molar-refractivity contribution in [2.24, 2.45) is 5.92 Å². The third-order valence-electron chi connectivity index (χ3n) is 2.77. The molecule has 0 aliphatic rings. The van der Waals surface area contributed by atoms with E-state index in [4.69, 9.17) is 16.3 Å². The van der Waals surface area contributed by atoms with Crippen LogP contribution in [0.25, 0.3) is 0 Å². The summed E-state index contributed by atoms with van der Waals surface area (Å²) >= 11 is 6.03. The van der Waals surface area contributed by atoms with E-state index in [0.717, 1.165) is 5.56 Å². The average molecular weight is 327 g/mol. The van der Waals surface area contributed by atoms with Gasteiger partial charge in [0.2, 0.25) is 11.8 Å². The van der Waals surface area contributed by atoms with Gasteiger partial charge in [-0.2, -0.15) is 0 Å². The molecule has 2 amide bonds. The predicted molar refractivity (Wildman–Crippen MR) is 88.1 cm³/mol. The van der Waals surface area contributed by atoms with Gasteiger partial charge in [-0.05, 0) is 30.5 Å². The smallest absolute Gasteiger partial charge is 0.243 e. The molecule has 0 aromatic heterocycles. The minimum atomic E-state index is -0.317. The second kappa shape index (κ2) is 9.43. The zero-order valence-corrected chi connectivity index (χ0v) is 14.0. The number of rotatable bonds is 8. The first-order chi connectivity index (χ1) is 10.4. The molecule has 1 aromatic carbocycles. The summed E-state index contributed by atoms with van der Waals surface area (Å²) in [7, 11) is 0. The van der Waals surface area contributed by atoms with Gasteiger partial charge in [-0.25, -0.2) is 0 Å². The van der Waals surface area contributed by atoms with E-state index in [1.165, 1.54) is 0 Å². The highest BCUT2D eigenvalue weighted by molar-refractivity contribution is 6.33. The van der Waals surface area contributed by atoms with Gasteiger partial charge in [0.05, 0.1) is 23.9 Å². The molecule has 0 unspecified atom stereocenters. The maximum Gasteiger partial charge on any atom is 0.243 e. The summed E-state index contributed by atoms with van der Waals surface area (Å²) < 4.78 is 5.32. The Morgan fingerprint density at radius 2 is 2.00 bits per heavy atom. The number of aryl methyl sites for hydroxylation is 1. The fourth-order valence-electron chi connectivity index (χ4n) is 1.67. The molecule has 0 bridgehead atoms. The van der Waals surface area contributed by atoms with Crippen LogP contribution in [0.2, 0.25) is 5.02 Å². The molecule has 0 heterocycles. The zero-order valence-electron chi connectivity index (χ0n) is 13.2. The number of carbonyl (C=O) groups excluding carboxylic acids is 2. The van der Waals surface area contributed by atoms with Crippen molar-refractivity contribution in [1.82, 2.24) is 5.32 Å². The van der Waals surface area contributed by atoms with Crippen LogP contribution in [0.5, 0.6) is 0 Å². The molecule has 0 spiro atoms. The van der Waals surface area contributed by atoms with Gasteiger partial charge in [-0.1, -0.05) is 31.5 Å². The van der Waals surface area contributed by atoms with Crippen LogP contribution in [0, 0.1) is 12.8 Å². The molecule has 1 rings (SSSR count). The molecular formula is C16H23ClN2O3. The van der Waals surface area contributed by atoms with Crippen LogP contribution in [0.15, 0.2) is 18.2 Å². The van der Waals surface area contributed by atoms with Crippen molar-refractivity contribution in [2.45, 2.75) is 27.2 Å². The number of nitrogens with one attached hydrogen (secondary N) is 2. The zero-order chi connectivity index (χ0) is 16.5. The first kappa shape index (κ1) is 18.5. The lowest BCUT2D eigenvalue weighted by Gasteiger charge is -2.09. The molecule has 122 valence electrons. The minimum Gasteiger partial charge on any atom is -0.381 e. The van der Waals surface area contributed by atoms with Crippen LogP contribution in [-0.4, -0.2) is 31.6 Å². The largest absolute Gasteiger partial charge is 0.381 e. The van der Waals surface area contributed by atoms with Crippen molar-refractivity contribution in [3.63, 3.8) is 0 Å². The first-order valence-electron chi connectivity index (χ1n) is 7.29. The van der Waals surface area contributed by atoms with Crippen molar-refractivity contribution in [1.29, 1.82) is 0 Å². The Kier molecular flexibility index (Phi) is 7.91. The lowest BCUT2D eigenvalue weighted by atomic mass is 10.2. The fourth-order valence-corrected chi connectivity index (χ4v) is 1.95. The van der Waals surface area contributed by atoms with Gasteiger partial charge in [-0.3, -0.25) is 9.59 Å². The van der Waals surface area contributed by atoms with Crippen LogP contribution in [0.4, 0.5) is 5.69 Å². The molecule has 0 atom stereocenters. The summed E-state index contributed by atoms with van der Waals surface area (Å²) in [5, 5.41) is 5.68. The molecule has 0 saturated heterocycles. The van der Waals surface area contributed by atoms with Gasteiger partial charge in [0.15, 0.2) is 0 Å². The Hall–Kier alpha value is -1.59. The molecule has 2 N–H and O–H groups in total. The molecule has 22 heavy (non-hydrogen) atoms. The quantitative estimate of drug-likeness (QED) is 0.722. The molecule has 1 aromatic rings. The number of anilines is 1. The predicted octanol–water partition coefficient (Wildman–Crippen LogP) is 2.77. The van der Waals surface area contributed by atoms with Gasteiger partial charge in [-0.15, -0.1) is 0 Å². The van der Waals surface area contributed by atoms with E-state index >= 15 is 0 Å². The highest BCUT2D eigenvalue weighted by Crippen LogP contribution is 2.22. The van der Waals surface area contributed by atoms with Gasteiger partial charge in [0.25, 0.3) is 0 Å². The number of carbonyl (C=O) groups is 2. The van der Waals surface area contributed by atoms with Crippen molar-refractivity contribution in [3.05, 3.63) is 28.8 Å². The van der Waals surface area contributed by atoms with Crippen molar-refractivity contribution < 1.29 is 14.3 Å². The Bertz CT molecular complexity index is 518. The number of ether oxygens (including phenoxy) is 1. The lowest BCUT2D eigenvalue weighted by molar-refractivity contribution is -0.125. The third-order valence-corrected chi connectivity index (χ3v) is 3.08. The summed E-state index contributed by atoms with van der Waals surface area (Å²) in [6.45, 7) is 6.89. The number of amides is 2.